The number of esters is 1. The van der Waals surface area contributed by atoms with Gasteiger partial charge in [0.1, 0.15) is 4.88 Å². The lowest BCUT2D eigenvalue weighted by atomic mass is 10.0. The van der Waals surface area contributed by atoms with Crippen LogP contribution in [0.1, 0.15) is 39.3 Å². The summed E-state index contributed by atoms with van der Waals surface area (Å²) in [7, 11) is 1.62. The Kier molecular flexibility index (Phi) is 6.07. The summed E-state index contributed by atoms with van der Waals surface area (Å²) in [4.78, 5) is 38.0. The number of amides is 1. The molecule has 0 aromatic carbocycles. The number of piperidine rings is 1. The number of carbonyl (C=O) groups excluding carboxylic acids is 2. The summed E-state index contributed by atoms with van der Waals surface area (Å²) in [5.41, 5.74) is 0.833. The number of nitrogens with zero attached hydrogens (tertiary/aromatic N) is 3. The fraction of sp³-hybridized carbons (Fsp3) is 0.529. The maximum absolute atomic E-state index is 12.3. The minimum Gasteiger partial charge on any atom is -0.462 e. The van der Waals surface area contributed by atoms with E-state index in [9.17, 15) is 9.59 Å². The van der Waals surface area contributed by atoms with Crippen LogP contribution in [-0.4, -0.2) is 65.8 Å². The zero-order valence-corrected chi connectivity index (χ0v) is 16.3. The molecule has 1 amide bonds. The van der Waals surface area contributed by atoms with Crippen LogP contribution in [-0.2, 0) is 9.47 Å². The molecule has 27 heavy (non-hydrogen) atoms. The van der Waals surface area contributed by atoms with Gasteiger partial charge in [-0.3, -0.25) is 4.79 Å². The van der Waals surface area contributed by atoms with Crippen LogP contribution in [0.4, 0.5) is 5.13 Å². The lowest BCUT2D eigenvalue weighted by molar-refractivity contribution is 0.0530. The number of ether oxygens (including phenoxy) is 2. The Labute approximate surface area is 161 Å². The smallest absolute Gasteiger partial charge is 0.350 e. The molecule has 1 aliphatic rings. The average Bonchev–Trinajstić information content (AvgIpc) is 3.31. The number of hydrogen-bond acceptors (Lipinski definition) is 8. The van der Waals surface area contributed by atoms with Crippen LogP contribution in [0.2, 0.25) is 0 Å². The number of aryl methyl sites for hydroxylation is 1. The molecule has 0 aliphatic carbocycles. The van der Waals surface area contributed by atoms with E-state index in [4.69, 9.17) is 9.47 Å². The standard InChI is InChI=1S/C17H23N5O4S/c1-4-26-16(24)13-8-19-17(27-13)22-6-5-11(12(9-22)25-3)21-15(23)14-18-7-10(2)20-14/h7-8,11-12H,4-6,9H2,1-3H3,(H,18,20)(H,21,23)/t11-,12+/m1/s1. The summed E-state index contributed by atoms with van der Waals surface area (Å²) in [5.74, 6) is -0.313. The first-order valence-electron chi connectivity index (χ1n) is 8.75. The van der Waals surface area contributed by atoms with E-state index in [0.717, 1.165) is 10.8 Å². The van der Waals surface area contributed by atoms with E-state index in [2.05, 4.69) is 25.2 Å². The number of nitrogens with one attached hydrogen (secondary N) is 2. The lowest BCUT2D eigenvalue weighted by Gasteiger charge is -2.37. The van der Waals surface area contributed by atoms with Gasteiger partial charge in [-0.15, -0.1) is 0 Å². The zero-order chi connectivity index (χ0) is 19.4. The van der Waals surface area contributed by atoms with E-state index in [1.54, 1.807) is 20.2 Å². The van der Waals surface area contributed by atoms with Gasteiger partial charge >= 0.3 is 5.97 Å². The molecule has 3 heterocycles. The molecule has 3 rings (SSSR count). The van der Waals surface area contributed by atoms with Gasteiger partial charge in [-0.2, -0.15) is 0 Å². The zero-order valence-electron chi connectivity index (χ0n) is 15.5. The predicted octanol–water partition coefficient (Wildman–Crippen LogP) is 1.38. The minimum absolute atomic E-state index is 0.131. The van der Waals surface area contributed by atoms with Gasteiger partial charge in [0.05, 0.1) is 24.9 Å². The van der Waals surface area contributed by atoms with Crippen molar-refractivity contribution >= 4 is 28.3 Å². The number of thiazole rings is 1. The maximum Gasteiger partial charge on any atom is 0.350 e. The van der Waals surface area contributed by atoms with Crippen LogP contribution in [0.3, 0.4) is 0 Å². The topological polar surface area (TPSA) is 109 Å². The van der Waals surface area contributed by atoms with E-state index in [-0.39, 0.29) is 24.0 Å². The Morgan fingerprint density at radius 2 is 2.22 bits per heavy atom. The summed E-state index contributed by atoms with van der Waals surface area (Å²) in [6.07, 6.45) is 3.65. The number of aromatic amines is 1. The van der Waals surface area contributed by atoms with E-state index >= 15 is 0 Å². The number of hydrogen-bond donors (Lipinski definition) is 2. The van der Waals surface area contributed by atoms with Gasteiger partial charge in [0, 0.05) is 32.1 Å². The quantitative estimate of drug-likeness (QED) is 0.714. The van der Waals surface area contributed by atoms with Gasteiger partial charge in [-0.25, -0.2) is 14.8 Å². The van der Waals surface area contributed by atoms with Crippen molar-refractivity contribution in [3.63, 3.8) is 0 Å². The number of imidazole rings is 1. The fourth-order valence-corrected chi connectivity index (χ4v) is 3.81. The molecule has 1 fully saturated rings. The van der Waals surface area contributed by atoms with E-state index in [1.807, 2.05) is 6.92 Å². The van der Waals surface area contributed by atoms with Crippen molar-refractivity contribution in [2.45, 2.75) is 32.4 Å². The molecule has 2 atom stereocenters. The van der Waals surface area contributed by atoms with Crippen LogP contribution in [0.5, 0.6) is 0 Å². The summed E-state index contributed by atoms with van der Waals surface area (Å²) in [6.45, 7) is 5.20. The molecular weight excluding hydrogens is 370 g/mol. The van der Waals surface area contributed by atoms with Gasteiger partial charge < -0.3 is 24.7 Å². The third kappa shape index (κ3) is 4.45. The van der Waals surface area contributed by atoms with E-state index in [1.165, 1.54) is 17.5 Å². The van der Waals surface area contributed by atoms with Crippen molar-refractivity contribution in [3.05, 3.63) is 28.8 Å². The monoisotopic (exact) mass is 393 g/mol. The van der Waals surface area contributed by atoms with Crippen LogP contribution in [0.25, 0.3) is 0 Å². The van der Waals surface area contributed by atoms with Gasteiger partial charge in [0.25, 0.3) is 5.91 Å². The second-order valence-electron chi connectivity index (χ2n) is 6.23. The van der Waals surface area contributed by atoms with Gasteiger partial charge in [-0.1, -0.05) is 11.3 Å². The molecule has 2 aromatic rings. The number of carbonyl (C=O) groups is 2. The molecule has 0 bridgehead atoms. The summed E-state index contributed by atoms with van der Waals surface area (Å²) < 4.78 is 10.6. The molecule has 1 saturated heterocycles. The van der Waals surface area contributed by atoms with E-state index < -0.39 is 0 Å². The molecule has 2 N–H and O–H groups in total. The van der Waals surface area contributed by atoms with Crippen molar-refractivity contribution in [3.8, 4) is 0 Å². The summed E-state index contributed by atoms with van der Waals surface area (Å²) >= 11 is 1.30. The molecule has 146 valence electrons. The van der Waals surface area contributed by atoms with E-state index in [0.29, 0.717) is 36.8 Å². The summed E-state index contributed by atoms with van der Waals surface area (Å²) in [5, 5.41) is 3.73. The maximum atomic E-state index is 12.3. The summed E-state index contributed by atoms with van der Waals surface area (Å²) in [6, 6.07) is -0.131. The Morgan fingerprint density at radius 1 is 1.41 bits per heavy atom. The molecule has 9 nitrogen and oxygen atoms in total. The number of aromatic nitrogens is 3. The number of methoxy groups -OCH3 is 1. The number of anilines is 1. The first kappa shape index (κ1) is 19.3. The highest BCUT2D eigenvalue weighted by atomic mass is 32.1. The Morgan fingerprint density at radius 3 is 2.89 bits per heavy atom. The third-order valence-corrected chi connectivity index (χ3v) is 5.38. The lowest BCUT2D eigenvalue weighted by Crippen LogP contribution is -2.55. The first-order chi connectivity index (χ1) is 13.0. The van der Waals surface area contributed by atoms with Gasteiger partial charge in [-0.05, 0) is 20.3 Å². The molecule has 1 aliphatic heterocycles. The second kappa shape index (κ2) is 8.49. The molecule has 10 heteroatoms. The highest BCUT2D eigenvalue weighted by Crippen LogP contribution is 2.27. The van der Waals surface area contributed by atoms with Crippen molar-refractivity contribution in [1.82, 2.24) is 20.3 Å². The SMILES string of the molecule is CCOC(=O)c1cnc(N2CC[C@@H](NC(=O)c3ncc(C)[nH]3)[C@@H](OC)C2)s1. The predicted molar refractivity (Wildman–Crippen MR) is 100 cm³/mol. The van der Waals surface area contributed by atoms with Gasteiger partial charge in [0.2, 0.25) is 0 Å². The molecular formula is C17H23N5O4S. The average molecular weight is 393 g/mol. The van der Waals surface area contributed by atoms with Crippen LogP contribution >= 0.6 is 11.3 Å². The molecule has 0 spiro atoms. The second-order valence-corrected chi connectivity index (χ2v) is 7.24. The highest BCUT2D eigenvalue weighted by molar-refractivity contribution is 7.17. The number of rotatable bonds is 6. The van der Waals surface area contributed by atoms with Crippen molar-refractivity contribution in [2.24, 2.45) is 0 Å². The Bertz CT molecular complexity index is 805. The Hall–Kier alpha value is -2.46. The van der Waals surface area contributed by atoms with Crippen LogP contribution in [0.15, 0.2) is 12.4 Å². The highest BCUT2D eigenvalue weighted by Gasteiger charge is 2.32. The van der Waals surface area contributed by atoms with Crippen molar-refractivity contribution < 1.29 is 19.1 Å². The molecule has 0 radical (unpaired) electrons. The number of H-pyrrole nitrogens is 1. The largest absolute Gasteiger partial charge is 0.462 e. The first-order valence-corrected chi connectivity index (χ1v) is 9.56. The van der Waals surface area contributed by atoms with Crippen LogP contribution in [0, 0.1) is 6.92 Å². The molecule has 0 unspecified atom stereocenters. The Balaban J connectivity index is 1.62. The fourth-order valence-electron chi connectivity index (χ4n) is 2.97. The van der Waals surface area contributed by atoms with Crippen molar-refractivity contribution in [1.29, 1.82) is 0 Å². The molecule has 2 aromatic heterocycles. The minimum atomic E-state index is -0.361. The third-order valence-electron chi connectivity index (χ3n) is 4.34. The van der Waals surface area contributed by atoms with Crippen molar-refractivity contribution in [2.75, 3.05) is 31.7 Å². The van der Waals surface area contributed by atoms with Crippen LogP contribution < -0.4 is 10.2 Å². The molecule has 0 saturated carbocycles. The normalized spacial score (nSPS) is 19.7. The van der Waals surface area contributed by atoms with Gasteiger partial charge in [0.15, 0.2) is 11.0 Å².